The third-order valence-electron chi connectivity index (χ3n) is 3.48. The van der Waals surface area contributed by atoms with Gasteiger partial charge in [0.05, 0.1) is 10.7 Å². The van der Waals surface area contributed by atoms with Crippen molar-refractivity contribution in [1.82, 2.24) is 9.55 Å². The zero-order valence-corrected chi connectivity index (χ0v) is 13.7. The lowest BCUT2D eigenvalue weighted by molar-refractivity contribution is 0.102. The molecule has 3 aromatic rings. The summed E-state index contributed by atoms with van der Waals surface area (Å²) in [6, 6.07) is 8.12. The normalized spacial score (nSPS) is 10.6. The summed E-state index contributed by atoms with van der Waals surface area (Å²) in [6.45, 7) is 0. The molecule has 0 saturated heterocycles. The Morgan fingerprint density at radius 2 is 1.77 bits per heavy atom. The second-order valence-corrected chi connectivity index (χ2v) is 5.61. The van der Waals surface area contributed by atoms with E-state index < -0.39 is 28.8 Å². The van der Waals surface area contributed by atoms with Crippen LogP contribution in [0.5, 0.6) is 0 Å². The molecule has 0 aliphatic carbocycles. The standard InChI is InChI=1S/C17H10ClF2N3O3/c18-13-7-10(3-6-14(13)20)22-15(24)12-8-21-17(26)23(16(12)25)11-4-1-9(19)2-5-11/h1-8H,(H,21,26)(H,22,24). The zero-order chi connectivity index (χ0) is 18.8. The van der Waals surface area contributed by atoms with Crippen LogP contribution in [-0.2, 0) is 0 Å². The van der Waals surface area contributed by atoms with Gasteiger partial charge in [0.1, 0.15) is 17.2 Å². The van der Waals surface area contributed by atoms with E-state index >= 15 is 0 Å². The lowest BCUT2D eigenvalue weighted by Gasteiger charge is -2.08. The summed E-state index contributed by atoms with van der Waals surface area (Å²) in [6.07, 6.45) is 0.963. The molecule has 9 heteroatoms. The number of nitrogens with one attached hydrogen (secondary N) is 2. The molecule has 0 aliphatic heterocycles. The molecular weight excluding hydrogens is 368 g/mol. The number of aromatic amines is 1. The van der Waals surface area contributed by atoms with Gasteiger partial charge >= 0.3 is 5.69 Å². The Kier molecular flexibility index (Phi) is 4.68. The molecule has 3 rings (SSSR count). The number of hydrogen-bond donors (Lipinski definition) is 2. The Morgan fingerprint density at radius 1 is 1.08 bits per heavy atom. The molecule has 0 fully saturated rings. The van der Waals surface area contributed by atoms with Gasteiger partial charge in [0, 0.05) is 11.9 Å². The third-order valence-corrected chi connectivity index (χ3v) is 3.77. The predicted octanol–water partition coefficient (Wildman–Crippen LogP) is 2.71. The molecule has 0 atom stereocenters. The summed E-state index contributed by atoms with van der Waals surface area (Å²) in [5.74, 6) is -2.03. The molecule has 2 N–H and O–H groups in total. The predicted molar refractivity (Wildman–Crippen MR) is 92.0 cm³/mol. The number of carbonyl (C=O) groups is 1. The Labute approximate surface area is 149 Å². The van der Waals surface area contributed by atoms with Gasteiger partial charge in [-0.3, -0.25) is 9.59 Å². The fourth-order valence-electron chi connectivity index (χ4n) is 2.23. The van der Waals surface area contributed by atoms with Crippen LogP contribution in [0, 0.1) is 11.6 Å². The maximum absolute atomic E-state index is 13.2. The number of rotatable bonds is 3. The highest BCUT2D eigenvalue weighted by atomic mass is 35.5. The number of benzene rings is 2. The number of nitrogens with zero attached hydrogens (tertiary/aromatic N) is 1. The summed E-state index contributed by atoms with van der Waals surface area (Å²) < 4.78 is 26.9. The molecule has 0 aliphatic rings. The van der Waals surface area contributed by atoms with Crippen molar-refractivity contribution in [2.45, 2.75) is 0 Å². The minimum atomic E-state index is -0.897. The molecule has 0 saturated carbocycles. The van der Waals surface area contributed by atoms with E-state index in [4.69, 9.17) is 11.6 Å². The van der Waals surface area contributed by atoms with Crippen molar-refractivity contribution in [3.05, 3.63) is 91.7 Å². The summed E-state index contributed by atoms with van der Waals surface area (Å²) in [7, 11) is 0. The highest BCUT2D eigenvalue weighted by Gasteiger charge is 2.16. The number of carbonyl (C=O) groups excluding carboxylic acids is 1. The van der Waals surface area contributed by atoms with Crippen LogP contribution >= 0.6 is 11.6 Å². The average Bonchev–Trinajstić information content (AvgIpc) is 2.60. The van der Waals surface area contributed by atoms with Crippen LogP contribution in [0.1, 0.15) is 10.4 Å². The van der Waals surface area contributed by atoms with Crippen molar-refractivity contribution in [3.8, 4) is 5.69 Å². The minimum absolute atomic E-state index is 0.0946. The third kappa shape index (κ3) is 3.40. The topological polar surface area (TPSA) is 84.0 Å². The monoisotopic (exact) mass is 377 g/mol. The van der Waals surface area contributed by atoms with E-state index in [0.29, 0.717) is 4.57 Å². The summed E-state index contributed by atoms with van der Waals surface area (Å²) in [5, 5.41) is 2.19. The van der Waals surface area contributed by atoms with E-state index in [9.17, 15) is 23.2 Å². The highest BCUT2D eigenvalue weighted by molar-refractivity contribution is 6.31. The molecule has 2 aromatic carbocycles. The van der Waals surface area contributed by atoms with Gasteiger partial charge in [-0.2, -0.15) is 0 Å². The van der Waals surface area contributed by atoms with E-state index in [-0.39, 0.29) is 22.0 Å². The fraction of sp³-hybridized carbons (Fsp3) is 0. The Bertz CT molecular complexity index is 1110. The second-order valence-electron chi connectivity index (χ2n) is 5.21. The summed E-state index contributed by atoms with van der Waals surface area (Å²) in [5.41, 5.74) is -1.79. The molecule has 0 spiro atoms. The summed E-state index contributed by atoms with van der Waals surface area (Å²) in [4.78, 5) is 39.1. The van der Waals surface area contributed by atoms with Crippen molar-refractivity contribution >= 4 is 23.2 Å². The second kappa shape index (κ2) is 6.93. The first-order valence-electron chi connectivity index (χ1n) is 7.24. The highest BCUT2D eigenvalue weighted by Crippen LogP contribution is 2.19. The van der Waals surface area contributed by atoms with Crippen LogP contribution in [0.2, 0.25) is 5.02 Å². The van der Waals surface area contributed by atoms with E-state index in [1.807, 2.05) is 0 Å². The minimum Gasteiger partial charge on any atom is -0.322 e. The van der Waals surface area contributed by atoms with Crippen molar-refractivity contribution in [1.29, 1.82) is 0 Å². The SMILES string of the molecule is O=C(Nc1ccc(F)c(Cl)c1)c1c[nH]c(=O)n(-c2ccc(F)cc2)c1=O. The van der Waals surface area contributed by atoms with Gasteiger partial charge in [0.2, 0.25) is 0 Å². The van der Waals surface area contributed by atoms with E-state index in [1.165, 1.54) is 24.3 Å². The number of anilines is 1. The summed E-state index contributed by atoms with van der Waals surface area (Å²) >= 11 is 5.64. The number of aromatic nitrogens is 2. The number of amides is 1. The van der Waals surface area contributed by atoms with Crippen LogP contribution < -0.4 is 16.6 Å². The zero-order valence-electron chi connectivity index (χ0n) is 12.9. The lowest BCUT2D eigenvalue weighted by Crippen LogP contribution is -2.38. The van der Waals surface area contributed by atoms with Crippen molar-refractivity contribution in [2.75, 3.05) is 5.32 Å². The lowest BCUT2D eigenvalue weighted by atomic mass is 10.2. The number of halogens is 3. The van der Waals surface area contributed by atoms with Crippen LogP contribution in [0.25, 0.3) is 5.69 Å². The maximum Gasteiger partial charge on any atom is 0.333 e. The Hall–Kier alpha value is -3.26. The van der Waals surface area contributed by atoms with Crippen LogP contribution in [-0.4, -0.2) is 15.5 Å². The molecule has 1 aromatic heterocycles. The first kappa shape index (κ1) is 17.6. The van der Waals surface area contributed by atoms with Crippen LogP contribution in [0.4, 0.5) is 14.5 Å². The van der Waals surface area contributed by atoms with Crippen molar-refractivity contribution < 1.29 is 13.6 Å². The molecule has 1 heterocycles. The first-order valence-corrected chi connectivity index (χ1v) is 7.61. The Balaban J connectivity index is 2.00. The molecule has 26 heavy (non-hydrogen) atoms. The maximum atomic E-state index is 13.2. The largest absolute Gasteiger partial charge is 0.333 e. The molecule has 0 unspecified atom stereocenters. The molecule has 0 bridgehead atoms. The van der Waals surface area contributed by atoms with E-state index in [1.54, 1.807) is 0 Å². The van der Waals surface area contributed by atoms with Gasteiger partial charge in [-0.25, -0.2) is 18.1 Å². The average molecular weight is 378 g/mol. The molecule has 0 radical (unpaired) electrons. The van der Waals surface area contributed by atoms with Crippen LogP contribution in [0.15, 0.2) is 58.3 Å². The molecule has 132 valence electrons. The molecule has 1 amide bonds. The van der Waals surface area contributed by atoms with Gasteiger partial charge in [-0.15, -0.1) is 0 Å². The van der Waals surface area contributed by atoms with Gasteiger partial charge in [-0.1, -0.05) is 11.6 Å². The fourth-order valence-corrected chi connectivity index (χ4v) is 2.41. The van der Waals surface area contributed by atoms with Gasteiger partial charge in [0.15, 0.2) is 0 Å². The quantitative estimate of drug-likeness (QED) is 0.736. The number of H-pyrrole nitrogens is 1. The van der Waals surface area contributed by atoms with Crippen molar-refractivity contribution in [3.63, 3.8) is 0 Å². The van der Waals surface area contributed by atoms with Gasteiger partial charge in [-0.05, 0) is 42.5 Å². The number of hydrogen-bond acceptors (Lipinski definition) is 3. The van der Waals surface area contributed by atoms with Gasteiger partial charge < -0.3 is 10.3 Å². The molecular formula is C17H10ClF2N3O3. The Morgan fingerprint density at radius 3 is 2.42 bits per heavy atom. The van der Waals surface area contributed by atoms with E-state index in [0.717, 1.165) is 24.4 Å². The van der Waals surface area contributed by atoms with Crippen LogP contribution in [0.3, 0.4) is 0 Å². The van der Waals surface area contributed by atoms with E-state index in [2.05, 4.69) is 10.3 Å². The first-order chi connectivity index (χ1) is 12.4. The van der Waals surface area contributed by atoms with Gasteiger partial charge in [0.25, 0.3) is 11.5 Å². The smallest absolute Gasteiger partial charge is 0.322 e. The molecule has 6 nitrogen and oxygen atoms in total. The van der Waals surface area contributed by atoms with Crippen molar-refractivity contribution in [2.24, 2.45) is 0 Å².